The first-order chi connectivity index (χ1) is 10.9. The van der Waals surface area contributed by atoms with Crippen LogP contribution in [0.25, 0.3) is 0 Å². The number of carbonyl (C=O) groups excluding carboxylic acids is 1. The van der Waals surface area contributed by atoms with Gasteiger partial charge in [-0.1, -0.05) is 23.2 Å². The predicted molar refractivity (Wildman–Crippen MR) is 103 cm³/mol. The zero-order valence-electron chi connectivity index (χ0n) is 13.0. The normalized spacial score (nSPS) is 11.5. The van der Waals surface area contributed by atoms with Crippen molar-refractivity contribution in [3.05, 3.63) is 58.6 Å². The highest BCUT2D eigenvalue weighted by molar-refractivity contribution is 8.01. The number of benzene rings is 2. The van der Waals surface area contributed by atoms with E-state index in [1.807, 2.05) is 62.4 Å². The highest BCUT2D eigenvalue weighted by Crippen LogP contribution is 2.35. The van der Waals surface area contributed by atoms with E-state index in [4.69, 9.17) is 23.2 Å². The Balaban J connectivity index is 1.85. The maximum atomic E-state index is 12.5. The quantitative estimate of drug-likeness (QED) is 0.499. The fourth-order valence-corrected chi connectivity index (χ4v) is 4.13. The summed E-state index contributed by atoms with van der Waals surface area (Å²) in [5, 5.41) is 1.43. The molecule has 5 heteroatoms. The van der Waals surface area contributed by atoms with Crippen molar-refractivity contribution in [2.75, 3.05) is 5.75 Å². The first kappa shape index (κ1) is 18.7. The third kappa shape index (κ3) is 6.07. The lowest BCUT2D eigenvalue weighted by Crippen LogP contribution is -2.28. The summed E-state index contributed by atoms with van der Waals surface area (Å²) in [4.78, 5) is 14.7. The lowest BCUT2D eigenvalue weighted by atomic mass is 10.1. The number of hydrogen-bond donors (Lipinski definition) is 0. The van der Waals surface area contributed by atoms with Gasteiger partial charge in [-0.3, -0.25) is 4.79 Å². The zero-order chi connectivity index (χ0) is 16.9. The largest absolute Gasteiger partial charge is 0.298 e. The first-order valence-corrected chi connectivity index (χ1v) is 9.79. The van der Waals surface area contributed by atoms with Crippen molar-refractivity contribution < 1.29 is 4.79 Å². The van der Waals surface area contributed by atoms with E-state index in [-0.39, 0.29) is 5.78 Å². The molecule has 0 fully saturated rings. The molecule has 2 rings (SSSR count). The third-order valence-corrected chi connectivity index (χ3v) is 6.03. The van der Waals surface area contributed by atoms with Crippen molar-refractivity contribution in [2.24, 2.45) is 0 Å². The highest BCUT2D eigenvalue weighted by Gasteiger charge is 2.28. The minimum Gasteiger partial charge on any atom is -0.298 e. The van der Waals surface area contributed by atoms with E-state index < -0.39 is 4.75 Å². The second-order valence-electron chi connectivity index (χ2n) is 5.54. The molecule has 23 heavy (non-hydrogen) atoms. The van der Waals surface area contributed by atoms with Gasteiger partial charge in [-0.15, -0.1) is 23.5 Å². The number of hydrogen-bond acceptors (Lipinski definition) is 3. The monoisotopic (exact) mass is 384 g/mol. The van der Waals surface area contributed by atoms with Gasteiger partial charge in [-0.2, -0.15) is 0 Å². The van der Waals surface area contributed by atoms with Crippen molar-refractivity contribution in [1.82, 2.24) is 0 Å². The minimum atomic E-state index is -0.450. The Hall–Kier alpha value is -0.610. The molecule has 0 heterocycles. The summed E-state index contributed by atoms with van der Waals surface area (Å²) in [5.74, 6) is 1.02. The summed E-state index contributed by atoms with van der Waals surface area (Å²) in [6.45, 7) is 3.95. The van der Waals surface area contributed by atoms with Crippen molar-refractivity contribution in [1.29, 1.82) is 0 Å². The molecular weight excluding hydrogens is 367 g/mol. The average Bonchev–Trinajstić information content (AvgIpc) is 2.51. The van der Waals surface area contributed by atoms with Crippen LogP contribution < -0.4 is 0 Å². The molecule has 1 nitrogen and oxygen atoms in total. The average molecular weight is 385 g/mol. The Morgan fingerprint density at radius 2 is 1.39 bits per heavy atom. The van der Waals surface area contributed by atoms with Crippen LogP contribution in [0.4, 0.5) is 0 Å². The lowest BCUT2D eigenvalue weighted by Gasteiger charge is -2.22. The summed E-state index contributed by atoms with van der Waals surface area (Å²) in [6, 6.07) is 15.3. The van der Waals surface area contributed by atoms with Crippen LogP contribution in [0, 0.1) is 0 Å². The SMILES string of the molecule is CC(C)(Sc1ccc(Cl)cc1)C(=O)CCSc1ccc(Cl)cc1. The van der Waals surface area contributed by atoms with E-state index in [9.17, 15) is 4.79 Å². The van der Waals surface area contributed by atoms with Gasteiger partial charge in [-0.25, -0.2) is 0 Å². The predicted octanol–water partition coefficient (Wildman–Crippen LogP) is 6.62. The molecule has 0 aliphatic heterocycles. The number of carbonyl (C=O) groups is 1. The van der Waals surface area contributed by atoms with Gasteiger partial charge in [-0.05, 0) is 62.4 Å². The standard InChI is InChI=1S/C18H18Cl2OS2/c1-18(2,23-16-9-5-14(20)6-10-16)17(21)11-12-22-15-7-3-13(19)4-8-15/h3-10H,11-12H2,1-2H3. The van der Waals surface area contributed by atoms with Crippen LogP contribution in [0.3, 0.4) is 0 Å². The number of rotatable bonds is 7. The van der Waals surface area contributed by atoms with Crippen LogP contribution in [0.2, 0.25) is 10.0 Å². The second-order valence-corrected chi connectivity index (χ2v) is 9.28. The van der Waals surface area contributed by atoms with Gasteiger partial charge in [0.1, 0.15) is 5.78 Å². The van der Waals surface area contributed by atoms with E-state index >= 15 is 0 Å². The molecular formula is C18H18Cl2OS2. The van der Waals surface area contributed by atoms with Crippen LogP contribution in [0.1, 0.15) is 20.3 Å². The van der Waals surface area contributed by atoms with Crippen LogP contribution in [-0.4, -0.2) is 16.3 Å². The van der Waals surface area contributed by atoms with E-state index in [1.54, 1.807) is 23.5 Å². The van der Waals surface area contributed by atoms with Gasteiger partial charge in [0.15, 0.2) is 0 Å². The summed E-state index contributed by atoms with van der Waals surface area (Å²) in [5.41, 5.74) is 0. The molecule has 0 radical (unpaired) electrons. The molecule has 0 aromatic heterocycles. The Labute approximate surface area is 156 Å². The summed E-state index contributed by atoms with van der Waals surface area (Å²) >= 11 is 15.0. The Morgan fingerprint density at radius 3 is 1.91 bits per heavy atom. The Kier molecular flexibility index (Phi) is 6.90. The smallest absolute Gasteiger partial charge is 0.149 e. The maximum absolute atomic E-state index is 12.5. The number of halogens is 2. The summed E-state index contributed by atoms with van der Waals surface area (Å²) in [7, 11) is 0. The van der Waals surface area contributed by atoms with E-state index in [1.165, 1.54) is 0 Å². The molecule has 0 saturated heterocycles. The molecule has 0 aliphatic carbocycles. The molecule has 0 spiro atoms. The fraction of sp³-hybridized carbons (Fsp3) is 0.278. The van der Waals surface area contributed by atoms with Crippen molar-refractivity contribution in [2.45, 2.75) is 34.8 Å². The van der Waals surface area contributed by atoms with Crippen molar-refractivity contribution in [3.8, 4) is 0 Å². The van der Waals surface area contributed by atoms with E-state index in [0.717, 1.165) is 20.6 Å². The minimum absolute atomic E-state index is 0.249. The van der Waals surface area contributed by atoms with E-state index in [0.29, 0.717) is 11.4 Å². The summed E-state index contributed by atoms with van der Waals surface area (Å²) in [6.07, 6.45) is 0.543. The van der Waals surface area contributed by atoms with Gasteiger partial charge < -0.3 is 0 Å². The lowest BCUT2D eigenvalue weighted by molar-refractivity contribution is -0.120. The Bertz CT molecular complexity index is 652. The molecule has 2 aromatic carbocycles. The molecule has 0 atom stereocenters. The Morgan fingerprint density at radius 1 is 0.913 bits per heavy atom. The van der Waals surface area contributed by atoms with Crippen LogP contribution >= 0.6 is 46.7 Å². The molecule has 0 saturated carbocycles. The summed E-state index contributed by atoms with van der Waals surface area (Å²) < 4.78 is -0.450. The van der Waals surface area contributed by atoms with Gasteiger partial charge in [0.05, 0.1) is 4.75 Å². The van der Waals surface area contributed by atoms with Gasteiger partial charge in [0.25, 0.3) is 0 Å². The second kappa shape index (κ2) is 8.48. The van der Waals surface area contributed by atoms with Gasteiger partial charge >= 0.3 is 0 Å². The van der Waals surface area contributed by atoms with Gasteiger partial charge in [0.2, 0.25) is 0 Å². The van der Waals surface area contributed by atoms with Gasteiger partial charge in [0, 0.05) is 32.0 Å². The topological polar surface area (TPSA) is 17.1 Å². The van der Waals surface area contributed by atoms with Crippen molar-refractivity contribution >= 4 is 52.5 Å². The van der Waals surface area contributed by atoms with E-state index in [2.05, 4.69) is 0 Å². The molecule has 2 aromatic rings. The highest BCUT2D eigenvalue weighted by atomic mass is 35.5. The van der Waals surface area contributed by atoms with Crippen LogP contribution in [-0.2, 0) is 4.79 Å². The molecule has 0 unspecified atom stereocenters. The fourth-order valence-electron chi connectivity index (χ4n) is 1.95. The third-order valence-electron chi connectivity index (χ3n) is 3.27. The molecule has 0 bridgehead atoms. The maximum Gasteiger partial charge on any atom is 0.149 e. The molecule has 0 N–H and O–H groups in total. The molecule has 0 amide bonds. The number of thioether (sulfide) groups is 2. The van der Waals surface area contributed by atoms with Crippen molar-refractivity contribution in [3.63, 3.8) is 0 Å². The first-order valence-electron chi connectivity index (χ1n) is 7.23. The molecule has 0 aliphatic rings. The van der Waals surface area contributed by atoms with Crippen LogP contribution in [0.15, 0.2) is 58.3 Å². The number of ketones is 1. The zero-order valence-corrected chi connectivity index (χ0v) is 16.2. The number of Topliss-reactive ketones (excluding diaryl/α,β-unsaturated/α-hetero) is 1. The van der Waals surface area contributed by atoms with Crippen LogP contribution in [0.5, 0.6) is 0 Å². The molecule has 122 valence electrons.